The van der Waals surface area contributed by atoms with E-state index in [1.165, 1.54) is 0 Å². The zero-order valence-corrected chi connectivity index (χ0v) is 14.6. The van der Waals surface area contributed by atoms with E-state index in [1.54, 1.807) is 35.0 Å². The van der Waals surface area contributed by atoms with Crippen LogP contribution in [0.15, 0.2) is 41.8 Å². The third-order valence-corrected chi connectivity index (χ3v) is 6.79. The van der Waals surface area contributed by atoms with E-state index in [0.29, 0.717) is 29.4 Å². The normalized spacial score (nSPS) is 19.8. The Kier molecular flexibility index (Phi) is 4.07. The predicted octanol–water partition coefficient (Wildman–Crippen LogP) is 1.99. The molecular weight excluding hydrogens is 346 g/mol. The molecule has 0 spiro atoms. The molecule has 1 fully saturated rings. The van der Waals surface area contributed by atoms with E-state index in [4.69, 9.17) is 0 Å². The van der Waals surface area contributed by atoms with Crippen LogP contribution in [0.25, 0.3) is 11.0 Å². The Morgan fingerprint density at radius 2 is 2.12 bits per heavy atom. The maximum atomic E-state index is 13.0. The van der Waals surface area contributed by atoms with Gasteiger partial charge in [-0.3, -0.25) is 0 Å². The Labute approximate surface area is 144 Å². The molecule has 0 aliphatic carbocycles. The SMILES string of the molecule is O=S(=O)(c1ccc2nsnc2c1)N1CCCC(Cn2ccnc2)C1. The molecule has 1 aliphatic rings. The molecule has 1 aromatic carbocycles. The molecular formula is C15H17N5O2S2. The van der Waals surface area contributed by atoms with Gasteiger partial charge in [-0.2, -0.15) is 13.1 Å². The highest BCUT2D eigenvalue weighted by atomic mass is 32.2. The first-order valence-electron chi connectivity index (χ1n) is 7.81. The third-order valence-electron chi connectivity index (χ3n) is 4.37. The Morgan fingerprint density at radius 1 is 1.25 bits per heavy atom. The number of aromatic nitrogens is 4. The minimum Gasteiger partial charge on any atom is -0.337 e. The average molecular weight is 363 g/mol. The first-order valence-corrected chi connectivity index (χ1v) is 9.98. The number of sulfonamides is 1. The summed E-state index contributed by atoms with van der Waals surface area (Å²) in [6.07, 6.45) is 7.33. The molecule has 24 heavy (non-hydrogen) atoms. The quantitative estimate of drug-likeness (QED) is 0.708. The smallest absolute Gasteiger partial charge is 0.243 e. The fourth-order valence-corrected chi connectivity index (χ4v) is 5.25. The summed E-state index contributed by atoms with van der Waals surface area (Å²) < 4.78 is 37.8. The lowest BCUT2D eigenvalue weighted by molar-refractivity contribution is 0.245. The van der Waals surface area contributed by atoms with Gasteiger partial charge in [-0.1, -0.05) is 0 Å². The maximum Gasteiger partial charge on any atom is 0.243 e. The van der Waals surface area contributed by atoms with Gasteiger partial charge in [-0.25, -0.2) is 13.4 Å². The summed E-state index contributed by atoms with van der Waals surface area (Å²) >= 11 is 1.09. The molecule has 126 valence electrons. The van der Waals surface area contributed by atoms with Gasteiger partial charge < -0.3 is 4.57 Å². The van der Waals surface area contributed by atoms with Gasteiger partial charge in [-0.15, -0.1) is 0 Å². The fourth-order valence-electron chi connectivity index (χ4n) is 3.16. The second-order valence-electron chi connectivity index (χ2n) is 6.05. The minimum atomic E-state index is -3.50. The molecule has 3 aromatic rings. The molecule has 2 aromatic heterocycles. The zero-order valence-electron chi connectivity index (χ0n) is 12.9. The molecule has 1 aliphatic heterocycles. The van der Waals surface area contributed by atoms with Crippen molar-refractivity contribution < 1.29 is 8.42 Å². The number of benzene rings is 1. The van der Waals surface area contributed by atoms with Crippen LogP contribution in [-0.4, -0.2) is 44.1 Å². The highest BCUT2D eigenvalue weighted by molar-refractivity contribution is 7.89. The first-order chi connectivity index (χ1) is 11.6. The van der Waals surface area contributed by atoms with Crippen molar-refractivity contribution in [3.8, 4) is 0 Å². The number of fused-ring (bicyclic) bond motifs is 1. The number of nitrogens with zero attached hydrogens (tertiary/aromatic N) is 5. The van der Waals surface area contributed by atoms with E-state index in [1.807, 2.05) is 10.8 Å². The van der Waals surface area contributed by atoms with Gasteiger partial charge in [-0.05, 0) is 37.0 Å². The number of hydrogen-bond donors (Lipinski definition) is 0. The van der Waals surface area contributed by atoms with Crippen molar-refractivity contribution in [1.29, 1.82) is 0 Å². The van der Waals surface area contributed by atoms with Crippen LogP contribution >= 0.6 is 11.7 Å². The summed E-state index contributed by atoms with van der Waals surface area (Å²) in [6.45, 7) is 1.89. The van der Waals surface area contributed by atoms with Crippen LogP contribution in [0.1, 0.15) is 12.8 Å². The number of hydrogen-bond acceptors (Lipinski definition) is 6. The van der Waals surface area contributed by atoms with Crippen LogP contribution in [0.5, 0.6) is 0 Å². The lowest BCUT2D eigenvalue weighted by Crippen LogP contribution is -2.40. The molecule has 9 heteroatoms. The van der Waals surface area contributed by atoms with E-state index >= 15 is 0 Å². The fraction of sp³-hybridized carbons (Fsp3) is 0.400. The van der Waals surface area contributed by atoms with Crippen LogP contribution < -0.4 is 0 Å². The van der Waals surface area contributed by atoms with Crippen molar-refractivity contribution >= 4 is 32.8 Å². The molecule has 1 saturated heterocycles. The average Bonchev–Trinajstić information content (AvgIpc) is 3.25. The molecule has 4 rings (SSSR count). The van der Waals surface area contributed by atoms with Gasteiger partial charge in [0.25, 0.3) is 0 Å². The number of imidazole rings is 1. The minimum absolute atomic E-state index is 0.297. The second-order valence-corrected chi connectivity index (χ2v) is 8.51. The molecule has 1 atom stereocenters. The molecule has 3 heterocycles. The van der Waals surface area contributed by atoms with E-state index in [0.717, 1.165) is 36.6 Å². The van der Waals surface area contributed by atoms with Crippen molar-refractivity contribution in [1.82, 2.24) is 22.6 Å². The van der Waals surface area contributed by atoms with E-state index < -0.39 is 10.0 Å². The van der Waals surface area contributed by atoms with Gasteiger partial charge in [0.2, 0.25) is 10.0 Å². The first kappa shape index (κ1) is 15.7. The summed E-state index contributed by atoms with van der Waals surface area (Å²) in [5, 5.41) is 0. The molecule has 0 radical (unpaired) electrons. The maximum absolute atomic E-state index is 13.0. The summed E-state index contributed by atoms with van der Waals surface area (Å²) in [4.78, 5) is 4.34. The van der Waals surface area contributed by atoms with Gasteiger partial charge >= 0.3 is 0 Å². The Hall–Kier alpha value is -1.84. The molecule has 0 N–H and O–H groups in total. The predicted molar refractivity (Wildman–Crippen MR) is 91.1 cm³/mol. The zero-order chi connectivity index (χ0) is 16.6. The second kappa shape index (κ2) is 6.23. The van der Waals surface area contributed by atoms with Crippen molar-refractivity contribution in [3.05, 3.63) is 36.9 Å². The molecule has 0 saturated carbocycles. The largest absolute Gasteiger partial charge is 0.337 e. The van der Waals surface area contributed by atoms with Gasteiger partial charge in [0.15, 0.2) is 0 Å². The summed E-state index contributed by atoms with van der Waals surface area (Å²) in [5.41, 5.74) is 1.36. The van der Waals surface area contributed by atoms with Gasteiger partial charge in [0.05, 0.1) is 23.0 Å². The van der Waals surface area contributed by atoms with Crippen LogP contribution in [0.4, 0.5) is 0 Å². The molecule has 0 bridgehead atoms. The van der Waals surface area contributed by atoms with Crippen LogP contribution in [0.3, 0.4) is 0 Å². The van der Waals surface area contributed by atoms with Crippen LogP contribution in [0, 0.1) is 5.92 Å². The van der Waals surface area contributed by atoms with Crippen molar-refractivity contribution in [2.45, 2.75) is 24.3 Å². The summed E-state index contributed by atoms with van der Waals surface area (Å²) in [5.74, 6) is 0.299. The molecule has 7 nitrogen and oxygen atoms in total. The van der Waals surface area contributed by atoms with E-state index in [-0.39, 0.29) is 0 Å². The Balaban J connectivity index is 1.56. The van der Waals surface area contributed by atoms with Crippen LogP contribution in [0.2, 0.25) is 0 Å². The highest BCUT2D eigenvalue weighted by Crippen LogP contribution is 2.26. The molecule has 1 unspecified atom stereocenters. The van der Waals surface area contributed by atoms with Crippen LogP contribution in [-0.2, 0) is 16.6 Å². The molecule has 0 amide bonds. The lowest BCUT2D eigenvalue weighted by atomic mass is 10.00. The highest BCUT2D eigenvalue weighted by Gasteiger charge is 2.30. The Morgan fingerprint density at radius 3 is 2.96 bits per heavy atom. The van der Waals surface area contributed by atoms with Crippen molar-refractivity contribution in [2.24, 2.45) is 5.92 Å². The van der Waals surface area contributed by atoms with Crippen molar-refractivity contribution in [2.75, 3.05) is 13.1 Å². The summed E-state index contributed by atoms with van der Waals surface area (Å²) in [6, 6.07) is 4.96. The third kappa shape index (κ3) is 2.94. The van der Waals surface area contributed by atoms with Gasteiger partial charge in [0, 0.05) is 32.0 Å². The van der Waals surface area contributed by atoms with Crippen molar-refractivity contribution in [3.63, 3.8) is 0 Å². The van der Waals surface area contributed by atoms with Gasteiger partial charge in [0.1, 0.15) is 11.0 Å². The number of rotatable bonds is 4. The van der Waals surface area contributed by atoms with E-state index in [9.17, 15) is 8.42 Å². The van der Waals surface area contributed by atoms with E-state index in [2.05, 4.69) is 13.7 Å². The Bertz CT molecular complexity index is 936. The summed E-state index contributed by atoms with van der Waals surface area (Å²) in [7, 11) is -3.50. The topological polar surface area (TPSA) is 81.0 Å². The monoisotopic (exact) mass is 363 g/mol. The number of piperidine rings is 1. The lowest BCUT2D eigenvalue weighted by Gasteiger charge is -2.32. The standard InChI is InChI=1S/C15H17N5O2S2/c21-24(22,13-3-4-14-15(8-13)18-23-17-14)20-6-1-2-12(10-20)9-19-7-5-16-11-19/h3-5,7-8,11-12H,1-2,6,9-10H2.